The van der Waals surface area contributed by atoms with E-state index in [1.807, 2.05) is 0 Å². The van der Waals surface area contributed by atoms with Gasteiger partial charge in [0.1, 0.15) is 23.0 Å². The summed E-state index contributed by atoms with van der Waals surface area (Å²) in [5.74, 6) is 2.26. The molecule has 4 aliphatic rings. The molecule has 0 bridgehead atoms. The van der Waals surface area contributed by atoms with Gasteiger partial charge in [0.25, 0.3) is 0 Å². The number of ether oxygens (including phenoxy) is 2. The molecule has 0 saturated heterocycles. The first-order valence-corrected chi connectivity index (χ1v) is 25.4. The van der Waals surface area contributed by atoms with Crippen LogP contribution in [0.5, 0.6) is 23.0 Å². The highest BCUT2D eigenvalue weighted by atomic mass is 16.5. The largest absolute Gasteiger partial charge is 0.507 e. The van der Waals surface area contributed by atoms with Crippen molar-refractivity contribution in [2.24, 2.45) is 0 Å². The number of phenolic OH excluding ortho intramolecular Hbond substituents is 2. The molecular weight excluding hydrogens is 809 g/mol. The van der Waals surface area contributed by atoms with Gasteiger partial charge >= 0.3 is 0 Å². The summed E-state index contributed by atoms with van der Waals surface area (Å²) in [7, 11) is 0. The molecule has 4 nitrogen and oxygen atoms in total. The van der Waals surface area contributed by atoms with Crippen LogP contribution in [0.3, 0.4) is 0 Å². The number of fused-ring (bicyclic) bond motifs is 3. The molecule has 4 heteroatoms. The van der Waals surface area contributed by atoms with E-state index in [1.165, 1.54) is 90.3 Å². The lowest BCUT2D eigenvalue weighted by atomic mass is 9.76. The molecule has 2 N–H and O–H groups in total. The number of rotatable bonds is 10. The van der Waals surface area contributed by atoms with Crippen LogP contribution in [-0.4, -0.2) is 23.4 Å². The van der Waals surface area contributed by atoms with Crippen molar-refractivity contribution in [3.05, 3.63) is 145 Å². The third-order valence-corrected chi connectivity index (χ3v) is 15.0. The summed E-state index contributed by atoms with van der Waals surface area (Å²) in [5.41, 5.74) is 24.3. The fraction of sp³-hybridized carbons (Fsp3) is 0.419. The zero-order valence-electron chi connectivity index (χ0n) is 40.8. The second kappa shape index (κ2) is 19.8. The summed E-state index contributed by atoms with van der Waals surface area (Å²) in [6.45, 7) is 18.3. The third-order valence-electron chi connectivity index (χ3n) is 15.0. The second-order valence-corrected chi connectivity index (χ2v) is 20.3. The monoisotopic (exact) mass is 881 g/mol. The van der Waals surface area contributed by atoms with Crippen LogP contribution in [0.2, 0.25) is 0 Å². The molecule has 0 heterocycles. The molecule has 0 amide bonds. The minimum absolute atomic E-state index is 0.307. The number of hydrogen-bond acceptors (Lipinski definition) is 4. The minimum Gasteiger partial charge on any atom is -0.507 e. The van der Waals surface area contributed by atoms with E-state index < -0.39 is 0 Å². The molecule has 4 aliphatic carbocycles. The lowest BCUT2D eigenvalue weighted by molar-refractivity contribution is 0.247. The van der Waals surface area contributed by atoms with E-state index in [4.69, 9.17) is 9.47 Å². The molecule has 66 heavy (non-hydrogen) atoms. The van der Waals surface area contributed by atoms with Crippen molar-refractivity contribution in [3.8, 4) is 56.4 Å². The van der Waals surface area contributed by atoms with Crippen molar-refractivity contribution < 1.29 is 19.7 Å². The lowest BCUT2D eigenvalue weighted by Crippen LogP contribution is -2.13. The molecule has 0 unspecified atom stereocenters. The van der Waals surface area contributed by atoms with Gasteiger partial charge in [0.2, 0.25) is 0 Å². The summed E-state index contributed by atoms with van der Waals surface area (Å²) in [6.07, 6.45) is 22.5. The highest BCUT2D eigenvalue weighted by molar-refractivity contribution is 5.92. The molecule has 0 aromatic heterocycles. The average Bonchev–Trinajstić information content (AvgIpc) is 3.29. The van der Waals surface area contributed by atoms with Gasteiger partial charge in [-0.05, 0) is 264 Å². The van der Waals surface area contributed by atoms with Gasteiger partial charge in [-0.3, -0.25) is 0 Å². The Morgan fingerprint density at radius 3 is 1.55 bits per heavy atom. The molecule has 0 aliphatic heterocycles. The van der Waals surface area contributed by atoms with Crippen LogP contribution in [0.15, 0.2) is 84.0 Å². The Balaban J connectivity index is 0.999. The van der Waals surface area contributed by atoms with Gasteiger partial charge in [0.05, 0.1) is 13.2 Å². The molecule has 5 aromatic carbocycles. The van der Waals surface area contributed by atoms with Gasteiger partial charge in [-0.1, -0.05) is 37.3 Å². The topological polar surface area (TPSA) is 58.9 Å². The Bertz CT molecular complexity index is 2720. The molecule has 0 spiro atoms. The first-order chi connectivity index (χ1) is 32.0. The highest BCUT2D eigenvalue weighted by Gasteiger charge is 2.28. The van der Waals surface area contributed by atoms with E-state index >= 15 is 0 Å². The maximum atomic E-state index is 12.5. The van der Waals surface area contributed by atoms with Crippen molar-refractivity contribution >= 4 is 5.57 Å². The fourth-order valence-corrected chi connectivity index (χ4v) is 12.0. The normalized spacial score (nSPS) is 18.5. The Kier molecular flexibility index (Phi) is 13.7. The number of benzene rings is 5. The van der Waals surface area contributed by atoms with Gasteiger partial charge < -0.3 is 19.7 Å². The van der Waals surface area contributed by atoms with Crippen LogP contribution < -0.4 is 9.47 Å². The predicted molar refractivity (Wildman–Crippen MR) is 276 cm³/mol. The summed E-state index contributed by atoms with van der Waals surface area (Å²) in [4.78, 5) is 0. The highest BCUT2D eigenvalue weighted by Crippen LogP contribution is 2.50. The molecule has 0 radical (unpaired) electrons. The molecule has 5 aromatic rings. The van der Waals surface area contributed by atoms with Gasteiger partial charge in [-0.15, -0.1) is 0 Å². The van der Waals surface area contributed by atoms with E-state index in [2.05, 4.69) is 109 Å². The molecule has 9 rings (SSSR count). The first kappa shape index (κ1) is 45.7. The third kappa shape index (κ3) is 9.27. The summed E-state index contributed by atoms with van der Waals surface area (Å²) < 4.78 is 13.5. The maximum Gasteiger partial charge on any atom is 0.131 e. The molecule has 1 saturated carbocycles. The van der Waals surface area contributed by atoms with Gasteiger partial charge in [-0.25, -0.2) is 0 Å². The first-order valence-electron chi connectivity index (χ1n) is 25.4. The summed E-state index contributed by atoms with van der Waals surface area (Å²) in [5, 5.41) is 24.9. The summed E-state index contributed by atoms with van der Waals surface area (Å²) in [6, 6.07) is 19.8. The smallest absolute Gasteiger partial charge is 0.131 e. The van der Waals surface area contributed by atoms with Crippen LogP contribution in [0.1, 0.15) is 151 Å². The van der Waals surface area contributed by atoms with E-state index in [0.717, 1.165) is 147 Å². The molecule has 0 atom stereocenters. The van der Waals surface area contributed by atoms with Crippen LogP contribution in [0, 0.1) is 41.5 Å². The quantitative estimate of drug-likeness (QED) is 0.137. The number of phenols is 2. The predicted octanol–water partition coefficient (Wildman–Crippen LogP) is 16.3. The maximum absolute atomic E-state index is 12.5. The van der Waals surface area contributed by atoms with Gasteiger partial charge in [0, 0.05) is 39.8 Å². The SMILES string of the molecule is C=C1CCCCC/C=C2/CCCC/C2=C/1c1cc(C)cc(-c2cc(C)cc(C)c2OCCCOc2c(C)cc(C)cc2-c2cc(C)cc(-c3c4c(cc5c3CCCC5)CCCC4)c2O)c1O. The second-order valence-electron chi connectivity index (χ2n) is 20.3. The van der Waals surface area contributed by atoms with E-state index in [-0.39, 0.29) is 0 Å². The van der Waals surface area contributed by atoms with Crippen molar-refractivity contribution in [2.75, 3.05) is 13.2 Å². The molecule has 344 valence electrons. The van der Waals surface area contributed by atoms with Gasteiger partial charge in [-0.2, -0.15) is 0 Å². The van der Waals surface area contributed by atoms with Crippen LogP contribution in [0.4, 0.5) is 0 Å². The van der Waals surface area contributed by atoms with Crippen LogP contribution in [0.25, 0.3) is 39.0 Å². The van der Waals surface area contributed by atoms with Crippen LogP contribution >= 0.6 is 0 Å². The summed E-state index contributed by atoms with van der Waals surface area (Å²) >= 11 is 0. The Labute approximate surface area is 395 Å². The minimum atomic E-state index is 0.307. The van der Waals surface area contributed by atoms with Crippen LogP contribution in [-0.2, 0) is 25.7 Å². The number of aromatic hydroxyl groups is 2. The lowest BCUT2D eigenvalue weighted by Gasteiger charge is -2.29. The van der Waals surface area contributed by atoms with Crippen molar-refractivity contribution in [3.63, 3.8) is 0 Å². The van der Waals surface area contributed by atoms with Crippen molar-refractivity contribution in [1.29, 1.82) is 0 Å². The van der Waals surface area contributed by atoms with Gasteiger partial charge in [0.15, 0.2) is 0 Å². The molecular formula is C62H72O4. The van der Waals surface area contributed by atoms with E-state index in [9.17, 15) is 10.2 Å². The fourth-order valence-electron chi connectivity index (χ4n) is 12.0. The Morgan fingerprint density at radius 2 is 0.939 bits per heavy atom. The van der Waals surface area contributed by atoms with Crippen molar-refractivity contribution in [2.45, 2.75) is 157 Å². The zero-order valence-corrected chi connectivity index (χ0v) is 40.8. The average molecular weight is 881 g/mol. The number of allylic oxidation sites excluding steroid dienone is 5. The Morgan fingerprint density at radius 1 is 0.470 bits per heavy atom. The number of hydrogen-bond donors (Lipinski definition) is 2. The van der Waals surface area contributed by atoms with Crippen molar-refractivity contribution in [1.82, 2.24) is 0 Å². The standard InChI is InChI=1S/C62H72O4/c1-38-29-43(6)61(53(33-38)51-31-40(3)35-55(59(51)63)57-42(5)19-10-8-9-11-20-45-21-12-15-24-48(45)57)65-27-18-28-66-62-44(7)30-39(2)34-54(62)52-32-41(4)36-56(60(52)64)58-49-25-16-13-22-46(49)37-47-23-14-17-26-50(47)58/h20,29-37,63-64H,5,8-19,21-28H2,1-4,6-7H3/b45-20-,57-48+. The van der Waals surface area contributed by atoms with E-state index in [1.54, 1.807) is 0 Å². The zero-order chi connectivity index (χ0) is 46.1. The Hall–Kier alpha value is -5.48. The molecule has 1 fully saturated rings. The number of aryl methyl sites for hydroxylation is 8. The van der Waals surface area contributed by atoms with E-state index in [0.29, 0.717) is 31.1 Å².